The van der Waals surface area contributed by atoms with Gasteiger partial charge in [0, 0.05) is 0 Å². The van der Waals surface area contributed by atoms with Gasteiger partial charge in [0.2, 0.25) is 0 Å². The second kappa shape index (κ2) is 14.4. The van der Waals surface area contributed by atoms with E-state index in [9.17, 15) is 0 Å². The maximum Gasteiger partial charge on any atom is -0.00214 e. The summed E-state index contributed by atoms with van der Waals surface area (Å²) in [6, 6.07) is 0. The summed E-state index contributed by atoms with van der Waals surface area (Å²) < 4.78 is 0. The van der Waals surface area contributed by atoms with Crippen LogP contribution in [0.2, 0.25) is 0 Å². The minimum atomic E-state index is 1.28. The molecule has 0 fully saturated rings. The number of rotatable bonds is 6. The van der Waals surface area contributed by atoms with E-state index in [0.29, 0.717) is 0 Å². The molecule has 0 atom stereocenters. The van der Waals surface area contributed by atoms with Crippen molar-refractivity contribution in [3.05, 3.63) is 0 Å². The van der Waals surface area contributed by atoms with Crippen LogP contribution in [0.4, 0.5) is 0 Å². The largest absolute Gasteiger partial charge is 0.323 e. The minimum absolute atomic E-state index is 1.28. The first kappa shape index (κ1) is 15.4. The van der Waals surface area contributed by atoms with Crippen LogP contribution in [0.1, 0.15) is 40.0 Å². The summed E-state index contributed by atoms with van der Waals surface area (Å²) in [6.45, 7) is 10.6. The Bertz CT molecular complexity index is 60.2. The molecule has 1 N–H and O–H groups in total. The van der Waals surface area contributed by atoms with Gasteiger partial charge in [-0.2, -0.15) is 0 Å². The molecule has 0 aromatic heterocycles. The number of nitrogens with zero attached hydrogens (tertiary/aromatic N) is 1. The molecule has 0 spiro atoms. The highest BCUT2D eigenvalue weighted by molar-refractivity contribution is 4.53. The summed E-state index contributed by atoms with van der Waals surface area (Å²) in [4.78, 5) is 2.54. The maximum absolute atomic E-state index is 2.75. The molecule has 0 saturated carbocycles. The van der Waals surface area contributed by atoms with Crippen molar-refractivity contribution in [1.82, 2.24) is 10.2 Å². The van der Waals surface area contributed by atoms with E-state index in [0.717, 1.165) is 0 Å². The van der Waals surface area contributed by atoms with Crippen molar-refractivity contribution in [3.63, 3.8) is 0 Å². The van der Waals surface area contributed by atoms with Gasteiger partial charge in [0.25, 0.3) is 0 Å². The summed E-state index contributed by atoms with van der Waals surface area (Å²) in [5, 5.41) is 2.75. The fraction of sp³-hybridized carbons (Fsp3) is 1.00. The van der Waals surface area contributed by atoms with Crippen LogP contribution in [0.5, 0.6) is 0 Å². The highest BCUT2D eigenvalue weighted by Crippen LogP contribution is 1.94. The summed E-state index contributed by atoms with van der Waals surface area (Å²) in [5.74, 6) is 0. The van der Waals surface area contributed by atoms with Crippen molar-refractivity contribution in [1.29, 1.82) is 0 Å². The maximum atomic E-state index is 2.75. The van der Waals surface area contributed by atoms with Crippen molar-refractivity contribution >= 4 is 0 Å². The number of nitrogens with one attached hydrogen (secondary N) is 1. The molecule has 0 saturated heterocycles. The van der Waals surface area contributed by atoms with E-state index in [1.54, 1.807) is 0 Å². The van der Waals surface area contributed by atoms with Gasteiger partial charge < -0.3 is 10.2 Å². The Morgan fingerprint density at radius 3 is 1.15 bits per heavy atom. The molecule has 2 heteroatoms. The third kappa shape index (κ3) is 14.7. The van der Waals surface area contributed by atoms with E-state index in [4.69, 9.17) is 0 Å². The predicted molar refractivity (Wildman–Crippen MR) is 62.3 cm³/mol. The van der Waals surface area contributed by atoms with Crippen molar-refractivity contribution in [3.8, 4) is 0 Å². The quantitative estimate of drug-likeness (QED) is 0.688. The molecule has 0 radical (unpaired) electrons. The lowest BCUT2D eigenvalue weighted by Gasteiger charge is -2.19. The Hall–Kier alpha value is -0.0800. The zero-order chi connectivity index (χ0) is 10.5. The summed E-state index contributed by atoms with van der Waals surface area (Å²) >= 11 is 0. The van der Waals surface area contributed by atoms with Gasteiger partial charge in [0.05, 0.1) is 0 Å². The van der Waals surface area contributed by atoms with Crippen molar-refractivity contribution in [2.45, 2.75) is 40.0 Å². The van der Waals surface area contributed by atoms with Gasteiger partial charge in [0.1, 0.15) is 0 Å². The Morgan fingerprint density at radius 2 is 1.00 bits per heavy atom. The lowest BCUT2D eigenvalue weighted by molar-refractivity contribution is 0.275. The first-order valence-corrected chi connectivity index (χ1v) is 5.57. The molecular weight excluding hydrogens is 160 g/mol. The zero-order valence-corrected chi connectivity index (χ0v) is 10.2. The summed E-state index contributed by atoms with van der Waals surface area (Å²) in [6.07, 6.45) is 3.88. The van der Waals surface area contributed by atoms with Crippen LogP contribution in [-0.2, 0) is 0 Å². The van der Waals surface area contributed by atoms with Crippen molar-refractivity contribution < 1.29 is 0 Å². The lowest BCUT2D eigenvalue weighted by atomic mass is 10.3. The van der Waals surface area contributed by atoms with E-state index in [1.165, 1.54) is 38.9 Å². The second-order valence-electron chi connectivity index (χ2n) is 3.34. The van der Waals surface area contributed by atoms with Crippen LogP contribution in [0.15, 0.2) is 0 Å². The topological polar surface area (TPSA) is 15.3 Å². The third-order valence-electron chi connectivity index (χ3n) is 1.62. The van der Waals surface area contributed by atoms with Crippen LogP contribution < -0.4 is 5.32 Å². The van der Waals surface area contributed by atoms with Crippen LogP contribution >= 0.6 is 0 Å². The molecule has 13 heavy (non-hydrogen) atoms. The molecule has 0 unspecified atom stereocenters. The van der Waals surface area contributed by atoms with Crippen LogP contribution in [0.3, 0.4) is 0 Å². The molecule has 0 aromatic carbocycles. The SMILES string of the molecule is CCCN(CCC)CCC.CNC. The fourth-order valence-corrected chi connectivity index (χ4v) is 1.28. The Morgan fingerprint density at radius 1 is 0.769 bits per heavy atom. The standard InChI is InChI=1S/C9H21N.C2H7N/c1-4-7-10(8-5-2)9-6-3;1-3-2/h4-9H2,1-3H3;3H,1-2H3. The number of hydrogen-bond acceptors (Lipinski definition) is 2. The fourth-order valence-electron chi connectivity index (χ4n) is 1.28. The average molecular weight is 188 g/mol. The monoisotopic (exact) mass is 188 g/mol. The van der Waals surface area contributed by atoms with Crippen LogP contribution in [0, 0.1) is 0 Å². The molecule has 0 rings (SSSR count). The summed E-state index contributed by atoms with van der Waals surface area (Å²) in [7, 11) is 3.75. The minimum Gasteiger partial charge on any atom is -0.323 e. The Kier molecular flexibility index (Phi) is 17.1. The van der Waals surface area contributed by atoms with E-state index in [1.807, 2.05) is 14.1 Å². The molecule has 0 aliphatic heterocycles. The highest BCUT2D eigenvalue weighted by Gasteiger charge is 1.98. The Balaban J connectivity index is 0. The van der Waals surface area contributed by atoms with Gasteiger partial charge in [-0.3, -0.25) is 0 Å². The number of hydrogen-bond donors (Lipinski definition) is 1. The van der Waals surface area contributed by atoms with Crippen molar-refractivity contribution in [2.75, 3.05) is 33.7 Å². The third-order valence-corrected chi connectivity index (χ3v) is 1.62. The van der Waals surface area contributed by atoms with Gasteiger partial charge in [-0.25, -0.2) is 0 Å². The molecule has 0 amide bonds. The molecule has 2 nitrogen and oxygen atoms in total. The van der Waals surface area contributed by atoms with Gasteiger partial charge >= 0.3 is 0 Å². The Labute approximate surface area is 84.7 Å². The first-order valence-electron chi connectivity index (χ1n) is 5.57. The van der Waals surface area contributed by atoms with Crippen LogP contribution in [0.25, 0.3) is 0 Å². The van der Waals surface area contributed by atoms with Gasteiger partial charge in [-0.05, 0) is 53.0 Å². The molecule has 0 heterocycles. The molecular formula is C11H28N2. The van der Waals surface area contributed by atoms with Crippen molar-refractivity contribution in [2.24, 2.45) is 0 Å². The average Bonchev–Trinajstić information content (AvgIpc) is 2.07. The van der Waals surface area contributed by atoms with E-state index < -0.39 is 0 Å². The molecule has 0 bridgehead atoms. The smallest absolute Gasteiger partial charge is 0.00214 e. The predicted octanol–water partition coefficient (Wildman–Crippen LogP) is 2.35. The van der Waals surface area contributed by atoms with Gasteiger partial charge in [-0.15, -0.1) is 0 Å². The van der Waals surface area contributed by atoms with Crippen LogP contribution in [-0.4, -0.2) is 38.6 Å². The zero-order valence-electron chi connectivity index (χ0n) is 10.2. The van der Waals surface area contributed by atoms with E-state index in [2.05, 4.69) is 31.0 Å². The molecule has 0 aliphatic rings. The van der Waals surface area contributed by atoms with Gasteiger partial charge in [0.15, 0.2) is 0 Å². The summed E-state index contributed by atoms with van der Waals surface area (Å²) in [5.41, 5.74) is 0. The highest BCUT2D eigenvalue weighted by atomic mass is 15.1. The first-order chi connectivity index (χ1) is 6.26. The normalized spacial score (nSPS) is 9.69. The van der Waals surface area contributed by atoms with Gasteiger partial charge in [-0.1, -0.05) is 20.8 Å². The van der Waals surface area contributed by atoms with E-state index >= 15 is 0 Å². The molecule has 0 aliphatic carbocycles. The molecule has 82 valence electrons. The second-order valence-corrected chi connectivity index (χ2v) is 3.34. The van der Waals surface area contributed by atoms with E-state index in [-0.39, 0.29) is 0 Å². The molecule has 0 aromatic rings. The lowest BCUT2D eigenvalue weighted by Crippen LogP contribution is -2.25.